The Bertz CT molecular complexity index is 921. The van der Waals surface area contributed by atoms with Gasteiger partial charge >= 0.3 is 11.9 Å². The first kappa shape index (κ1) is 31.6. The second-order valence-corrected chi connectivity index (χ2v) is 10.0. The zero-order valence-electron chi connectivity index (χ0n) is 21.9. The number of hydrogen-bond acceptors (Lipinski definition) is 6. The Kier molecular flexibility index (Phi) is 13.3. The molecule has 0 saturated heterocycles. The van der Waals surface area contributed by atoms with Gasteiger partial charge in [-0.3, -0.25) is 19.2 Å². The number of aliphatic carboxylic acids is 2. The van der Waals surface area contributed by atoms with E-state index in [1.54, 1.807) is 30.3 Å². The van der Waals surface area contributed by atoms with E-state index < -0.39 is 53.8 Å². The van der Waals surface area contributed by atoms with E-state index in [1.807, 2.05) is 27.7 Å². The van der Waals surface area contributed by atoms with Gasteiger partial charge in [0.2, 0.25) is 17.7 Å². The predicted octanol–water partition coefficient (Wildman–Crippen LogP) is 1.05. The van der Waals surface area contributed by atoms with E-state index in [2.05, 4.69) is 16.0 Å². The molecule has 0 saturated carbocycles. The van der Waals surface area contributed by atoms with Crippen molar-refractivity contribution in [3.05, 3.63) is 35.9 Å². The Morgan fingerprint density at radius 2 is 1.22 bits per heavy atom. The summed E-state index contributed by atoms with van der Waals surface area (Å²) in [5.74, 6) is -4.20. The van der Waals surface area contributed by atoms with Crippen LogP contribution in [-0.2, 0) is 30.4 Å². The third-order valence-electron chi connectivity index (χ3n) is 5.58. The molecule has 3 amide bonds. The van der Waals surface area contributed by atoms with E-state index in [-0.39, 0.29) is 43.9 Å². The average Bonchev–Trinajstić information content (AvgIpc) is 2.80. The standard InChI is InChI=1S/C26H40N4O7/c1-15(2)12-19(28-23(33)18(27)10-11-22(31)32)24(34)29-20(13-16(3)4)25(35)30-21(26(36)37)14-17-8-6-5-7-9-17/h5-9,15-16,18-21H,10-14,27H2,1-4H3,(H,28,33)(H,29,34)(H,30,35)(H,31,32)(H,36,37). The predicted molar refractivity (Wildman–Crippen MR) is 137 cm³/mol. The molecule has 0 radical (unpaired) electrons. The molecule has 0 fully saturated rings. The van der Waals surface area contributed by atoms with Gasteiger partial charge in [-0.05, 0) is 36.7 Å². The van der Waals surface area contributed by atoms with E-state index in [0.29, 0.717) is 0 Å². The molecule has 0 aromatic heterocycles. The fourth-order valence-electron chi connectivity index (χ4n) is 3.69. The molecule has 1 aromatic rings. The highest BCUT2D eigenvalue weighted by molar-refractivity contribution is 5.94. The summed E-state index contributed by atoms with van der Waals surface area (Å²) in [4.78, 5) is 61.3. The van der Waals surface area contributed by atoms with Gasteiger partial charge in [0.1, 0.15) is 18.1 Å². The second kappa shape index (κ2) is 15.6. The molecule has 11 nitrogen and oxygen atoms in total. The summed E-state index contributed by atoms with van der Waals surface area (Å²) >= 11 is 0. The van der Waals surface area contributed by atoms with Crippen molar-refractivity contribution in [2.75, 3.05) is 0 Å². The lowest BCUT2D eigenvalue weighted by atomic mass is 9.99. The van der Waals surface area contributed by atoms with Crippen LogP contribution >= 0.6 is 0 Å². The molecule has 11 heteroatoms. The van der Waals surface area contributed by atoms with Crippen LogP contribution in [0.15, 0.2) is 30.3 Å². The van der Waals surface area contributed by atoms with Gasteiger partial charge in [0.15, 0.2) is 0 Å². The Morgan fingerprint density at radius 3 is 1.65 bits per heavy atom. The molecule has 0 aliphatic heterocycles. The normalized spacial score (nSPS) is 14.4. The number of benzene rings is 1. The molecule has 4 atom stereocenters. The number of carbonyl (C=O) groups is 5. The van der Waals surface area contributed by atoms with Gasteiger partial charge in [0, 0.05) is 12.8 Å². The summed E-state index contributed by atoms with van der Waals surface area (Å²) in [5.41, 5.74) is 6.51. The summed E-state index contributed by atoms with van der Waals surface area (Å²) in [7, 11) is 0. The molecule has 1 rings (SSSR count). The lowest BCUT2D eigenvalue weighted by Crippen LogP contribution is -2.57. The maximum atomic E-state index is 13.2. The monoisotopic (exact) mass is 520 g/mol. The number of rotatable bonds is 16. The zero-order valence-corrected chi connectivity index (χ0v) is 21.9. The zero-order chi connectivity index (χ0) is 28.1. The summed E-state index contributed by atoms with van der Waals surface area (Å²) in [6, 6.07) is 4.53. The second-order valence-electron chi connectivity index (χ2n) is 10.0. The molecule has 0 heterocycles. The Hall–Kier alpha value is -3.47. The van der Waals surface area contributed by atoms with Crippen LogP contribution in [-0.4, -0.2) is 64.0 Å². The highest BCUT2D eigenvalue weighted by atomic mass is 16.4. The number of nitrogens with one attached hydrogen (secondary N) is 3. The van der Waals surface area contributed by atoms with Gasteiger partial charge in [-0.2, -0.15) is 0 Å². The van der Waals surface area contributed by atoms with Crippen molar-refractivity contribution in [3.8, 4) is 0 Å². The van der Waals surface area contributed by atoms with Crippen molar-refractivity contribution >= 4 is 29.7 Å². The fourth-order valence-corrected chi connectivity index (χ4v) is 3.69. The van der Waals surface area contributed by atoms with Crippen LogP contribution in [0.25, 0.3) is 0 Å². The van der Waals surface area contributed by atoms with Crippen molar-refractivity contribution in [3.63, 3.8) is 0 Å². The molecule has 0 aliphatic carbocycles. The molecule has 0 bridgehead atoms. The van der Waals surface area contributed by atoms with Crippen molar-refractivity contribution in [1.29, 1.82) is 0 Å². The molecule has 206 valence electrons. The lowest BCUT2D eigenvalue weighted by molar-refractivity contribution is -0.142. The minimum Gasteiger partial charge on any atom is -0.481 e. The Labute approximate surface area is 217 Å². The van der Waals surface area contributed by atoms with Gasteiger partial charge < -0.3 is 31.9 Å². The maximum absolute atomic E-state index is 13.2. The molecular weight excluding hydrogens is 480 g/mol. The van der Waals surface area contributed by atoms with E-state index in [4.69, 9.17) is 10.8 Å². The number of carboxylic acid groups (broad SMARTS) is 2. The van der Waals surface area contributed by atoms with Crippen molar-refractivity contribution in [2.45, 2.75) is 84.0 Å². The van der Waals surface area contributed by atoms with Crippen molar-refractivity contribution in [1.82, 2.24) is 16.0 Å². The Morgan fingerprint density at radius 1 is 0.757 bits per heavy atom. The SMILES string of the molecule is CC(C)CC(NC(=O)C(N)CCC(=O)O)C(=O)NC(CC(C)C)C(=O)NC(Cc1ccccc1)C(=O)O. The van der Waals surface area contributed by atoms with Crippen LogP contribution in [0.4, 0.5) is 0 Å². The number of nitrogens with two attached hydrogens (primary N) is 1. The summed E-state index contributed by atoms with van der Waals surface area (Å²) in [6.45, 7) is 7.44. The van der Waals surface area contributed by atoms with E-state index in [0.717, 1.165) is 5.56 Å². The van der Waals surface area contributed by atoms with Crippen LogP contribution in [0.5, 0.6) is 0 Å². The highest BCUT2D eigenvalue weighted by Gasteiger charge is 2.31. The maximum Gasteiger partial charge on any atom is 0.326 e. The average molecular weight is 521 g/mol. The molecule has 1 aromatic carbocycles. The molecular formula is C26H40N4O7. The first-order valence-electron chi connectivity index (χ1n) is 12.4. The number of amides is 3. The smallest absolute Gasteiger partial charge is 0.326 e. The molecule has 0 spiro atoms. The van der Waals surface area contributed by atoms with E-state index in [1.165, 1.54) is 0 Å². The largest absolute Gasteiger partial charge is 0.481 e. The van der Waals surface area contributed by atoms with Crippen LogP contribution in [0.2, 0.25) is 0 Å². The fraction of sp³-hybridized carbons (Fsp3) is 0.577. The van der Waals surface area contributed by atoms with Crippen molar-refractivity contribution < 1.29 is 34.2 Å². The van der Waals surface area contributed by atoms with Crippen LogP contribution in [0.3, 0.4) is 0 Å². The summed E-state index contributed by atoms with van der Waals surface area (Å²) in [5, 5.41) is 26.2. The quantitative estimate of drug-likeness (QED) is 0.186. The van der Waals surface area contributed by atoms with Crippen LogP contribution < -0.4 is 21.7 Å². The molecule has 7 N–H and O–H groups in total. The van der Waals surface area contributed by atoms with E-state index >= 15 is 0 Å². The first-order valence-corrected chi connectivity index (χ1v) is 12.4. The lowest BCUT2D eigenvalue weighted by Gasteiger charge is -2.27. The number of carbonyl (C=O) groups excluding carboxylic acids is 3. The topological polar surface area (TPSA) is 188 Å². The molecule has 4 unspecified atom stereocenters. The van der Waals surface area contributed by atoms with Crippen LogP contribution in [0.1, 0.15) is 58.9 Å². The van der Waals surface area contributed by atoms with E-state index in [9.17, 15) is 29.1 Å². The third kappa shape index (κ3) is 12.4. The van der Waals surface area contributed by atoms with Gasteiger partial charge in [-0.15, -0.1) is 0 Å². The minimum absolute atomic E-state index is 0.00367. The van der Waals surface area contributed by atoms with Gasteiger partial charge in [0.05, 0.1) is 6.04 Å². The van der Waals surface area contributed by atoms with Crippen LogP contribution in [0, 0.1) is 11.8 Å². The Balaban J connectivity index is 2.98. The summed E-state index contributed by atoms with van der Waals surface area (Å²) in [6.07, 6.45) is 0.193. The number of carboxylic acids is 2. The third-order valence-corrected chi connectivity index (χ3v) is 5.58. The highest BCUT2D eigenvalue weighted by Crippen LogP contribution is 2.11. The van der Waals surface area contributed by atoms with Crippen molar-refractivity contribution in [2.24, 2.45) is 17.6 Å². The van der Waals surface area contributed by atoms with Gasteiger partial charge in [-0.25, -0.2) is 4.79 Å². The minimum atomic E-state index is -1.20. The van der Waals surface area contributed by atoms with Gasteiger partial charge in [0.25, 0.3) is 0 Å². The number of hydrogen-bond donors (Lipinski definition) is 6. The van der Waals surface area contributed by atoms with Gasteiger partial charge in [-0.1, -0.05) is 58.0 Å². The summed E-state index contributed by atoms with van der Waals surface area (Å²) < 4.78 is 0. The molecule has 0 aliphatic rings. The molecule has 37 heavy (non-hydrogen) atoms. The first-order chi connectivity index (χ1) is 17.3.